The second-order valence-corrected chi connectivity index (χ2v) is 5.33. The van der Waals surface area contributed by atoms with Gasteiger partial charge in [-0.25, -0.2) is 4.98 Å². The van der Waals surface area contributed by atoms with E-state index >= 15 is 0 Å². The Bertz CT molecular complexity index is 414. The zero-order chi connectivity index (χ0) is 13.2. The van der Waals surface area contributed by atoms with E-state index in [1.54, 1.807) is 6.20 Å². The molecule has 0 aliphatic carbocycles. The number of nitrogens with zero attached hydrogens (tertiary/aromatic N) is 1. The minimum atomic E-state index is -0.198. The van der Waals surface area contributed by atoms with Crippen molar-refractivity contribution < 1.29 is 4.74 Å². The van der Waals surface area contributed by atoms with Gasteiger partial charge in [0.1, 0.15) is 5.82 Å². The van der Waals surface area contributed by atoms with E-state index in [0.29, 0.717) is 5.82 Å². The monoisotopic (exact) mass is 249 g/mol. The van der Waals surface area contributed by atoms with E-state index < -0.39 is 0 Å². The first kappa shape index (κ1) is 13.3. The number of anilines is 1. The lowest BCUT2D eigenvalue weighted by Gasteiger charge is -2.41. The van der Waals surface area contributed by atoms with Gasteiger partial charge >= 0.3 is 0 Å². The second-order valence-electron chi connectivity index (χ2n) is 5.33. The van der Waals surface area contributed by atoms with Crippen LogP contribution in [0.2, 0.25) is 0 Å². The fourth-order valence-corrected chi connectivity index (χ4v) is 2.81. The van der Waals surface area contributed by atoms with E-state index in [9.17, 15) is 0 Å². The number of hydrogen-bond donors (Lipinski definition) is 2. The van der Waals surface area contributed by atoms with Crippen LogP contribution in [0.15, 0.2) is 12.3 Å². The Morgan fingerprint density at radius 3 is 2.89 bits per heavy atom. The molecule has 1 fully saturated rings. The molecule has 3 N–H and O–H groups in total. The molecule has 0 amide bonds. The van der Waals surface area contributed by atoms with Crippen LogP contribution >= 0.6 is 0 Å². The zero-order valence-electron chi connectivity index (χ0n) is 11.5. The number of aryl methyl sites for hydroxylation is 1. The summed E-state index contributed by atoms with van der Waals surface area (Å²) in [6, 6.07) is 2.19. The maximum absolute atomic E-state index is 6.02. The number of likely N-dealkylation sites (N-methyl/N-ethyl adjacent to an activating group) is 1. The minimum absolute atomic E-state index is 0.0881. The maximum Gasteiger partial charge on any atom is 0.128 e. The Labute approximate surface area is 109 Å². The summed E-state index contributed by atoms with van der Waals surface area (Å²) in [5.41, 5.74) is 7.99. The van der Waals surface area contributed by atoms with E-state index in [1.165, 1.54) is 6.42 Å². The smallest absolute Gasteiger partial charge is 0.128 e. The molecule has 0 saturated carbocycles. The van der Waals surface area contributed by atoms with E-state index in [2.05, 4.69) is 23.3 Å². The van der Waals surface area contributed by atoms with Gasteiger partial charge in [-0.1, -0.05) is 0 Å². The number of hydrogen-bond acceptors (Lipinski definition) is 4. The number of nitrogens with one attached hydrogen (secondary N) is 1. The number of aromatic nitrogens is 1. The predicted molar refractivity (Wildman–Crippen MR) is 73.4 cm³/mol. The van der Waals surface area contributed by atoms with Gasteiger partial charge in [-0.2, -0.15) is 0 Å². The largest absolute Gasteiger partial charge is 0.383 e. The molecule has 1 aromatic rings. The summed E-state index contributed by atoms with van der Waals surface area (Å²) in [5, 5.41) is 3.35. The summed E-state index contributed by atoms with van der Waals surface area (Å²) in [6.07, 6.45) is 5.20. The third kappa shape index (κ3) is 2.49. The SMILES string of the molecule is CNC(c1cc(C)cnc1N)C1(C)CCCCO1. The van der Waals surface area contributed by atoms with Crippen molar-refractivity contribution in [2.24, 2.45) is 0 Å². The molecule has 1 aromatic heterocycles. The zero-order valence-corrected chi connectivity index (χ0v) is 11.5. The third-order valence-corrected chi connectivity index (χ3v) is 3.80. The van der Waals surface area contributed by atoms with Gasteiger partial charge in [-0.05, 0) is 51.8 Å². The second kappa shape index (κ2) is 5.24. The van der Waals surface area contributed by atoms with E-state index in [4.69, 9.17) is 10.5 Å². The van der Waals surface area contributed by atoms with Crippen LogP contribution in [-0.2, 0) is 4.74 Å². The molecule has 0 spiro atoms. The molecule has 1 aliphatic rings. The van der Waals surface area contributed by atoms with E-state index in [-0.39, 0.29) is 11.6 Å². The molecule has 18 heavy (non-hydrogen) atoms. The predicted octanol–water partition coefficient (Wildman–Crippen LogP) is 2.19. The quantitative estimate of drug-likeness (QED) is 0.862. The van der Waals surface area contributed by atoms with Gasteiger partial charge in [0.2, 0.25) is 0 Å². The molecule has 2 rings (SSSR count). The van der Waals surface area contributed by atoms with E-state index in [0.717, 1.165) is 30.6 Å². The summed E-state index contributed by atoms with van der Waals surface area (Å²) in [4.78, 5) is 4.26. The van der Waals surface area contributed by atoms with Crippen LogP contribution in [0, 0.1) is 6.92 Å². The van der Waals surface area contributed by atoms with Crippen LogP contribution in [0.3, 0.4) is 0 Å². The molecule has 100 valence electrons. The molecular weight excluding hydrogens is 226 g/mol. The maximum atomic E-state index is 6.02. The highest BCUT2D eigenvalue weighted by molar-refractivity contribution is 5.44. The number of nitrogen functional groups attached to an aromatic ring is 1. The molecule has 2 unspecified atom stereocenters. The first-order valence-electron chi connectivity index (χ1n) is 6.60. The third-order valence-electron chi connectivity index (χ3n) is 3.80. The van der Waals surface area contributed by atoms with Gasteiger partial charge in [0.15, 0.2) is 0 Å². The summed E-state index contributed by atoms with van der Waals surface area (Å²) in [7, 11) is 1.95. The Morgan fingerprint density at radius 1 is 1.50 bits per heavy atom. The Hall–Kier alpha value is -1.13. The molecule has 1 saturated heterocycles. The van der Waals surface area contributed by atoms with Gasteiger partial charge in [0.05, 0.1) is 11.6 Å². The lowest BCUT2D eigenvalue weighted by Crippen LogP contribution is -2.45. The normalized spacial score (nSPS) is 25.9. The highest BCUT2D eigenvalue weighted by Gasteiger charge is 2.38. The lowest BCUT2D eigenvalue weighted by molar-refractivity contribution is -0.0883. The van der Waals surface area contributed by atoms with Crippen LogP contribution in [0.25, 0.3) is 0 Å². The van der Waals surface area contributed by atoms with Crippen molar-refractivity contribution in [1.29, 1.82) is 0 Å². The molecule has 0 bridgehead atoms. The first-order valence-corrected chi connectivity index (χ1v) is 6.60. The standard InChI is InChI=1S/C14H23N3O/c1-10-8-11(13(15)17-9-10)12(16-3)14(2)6-4-5-7-18-14/h8-9,12,16H,4-7H2,1-3H3,(H2,15,17). The molecule has 4 nitrogen and oxygen atoms in total. The van der Waals surface area contributed by atoms with Crippen LogP contribution < -0.4 is 11.1 Å². The first-order chi connectivity index (χ1) is 8.57. The molecule has 0 aromatic carbocycles. The van der Waals surface area contributed by atoms with Gasteiger partial charge < -0.3 is 15.8 Å². The van der Waals surface area contributed by atoms with Crippen molar-refractivity contribution in [1.82, 2.24) is 10.3 Å². The van der Waals surface area contributed by atoms with Gasteiger partial charge in [-0.3, -0.25) is 0 Å². The van der Waals surface area contributed by atoms with Crippen LogP contribution in [0.1, 0.15) is 43.4 Å². The molecule has 1 aliphatic heterocycles. The highest BCUT2D eigenvalue weighted by Crippen LogP contribution is 2.38. The summed E-state index contributed by atoms with van der Waals surface area (Å²) in [5.74, 6) is 0.593. The number of rotatable bonds is 3. The molecule has 4 heteroatoms. The summed E-state index contributed by atoms with van der Waals surface area (Å²) >= 11 is 0. The highest BCUT2D eigenvalue weighted by atomic mass is 16.5. The van der Waals surface area contributed by atoms with Crippen LogP contribution in [-0.4, -0.2) is 24.2 Å². The number of pyridine rings is 1. The number of ether oxygens (including phenoxy) is 1. The van der Waals surface area contributed by atoms with E-state index in [1.807, 2.05) is 14.0 Å². The Kier molecular flexibility index (Phi) is 3.88. The van der Waals surface area contributed by atoms with Crippen LogP contribution in [0.4, 0.5) is 5.82 Å². The fourth-order valence-electron chi connectivity index (χ4n) is 2.81. The summed E-state index contributed by atoms with van der Waals surface area (Å²) in [6.45, 7) is 5.02. The summed E-state index contributed by atoms with van der Waals surface area (Å²) < 4.78 is 6.02. The Balaban J connectivity index is 2.35. The topological polar surface area (TPSA) is 60.2 Å². The molecule has 2 heterocycles. The van der Waals surface area contributed by atoms with Gasteiger partial charge in [-0.15, -0.1) is 0 Å². The van der Waals surface area contributed by atoms with Crippen molar-refractivity contribution in [3.63, 3.8) is 0 Å². The average molecular weight is 249 g/mol. The average Bonchev–Trinajstić information content (AvgIpc) is 2.35. The van der Waals surface area contributed by atoms with Crippen LogP contribution in [0.5, 0.6) is 0 Å². The minimum Gasteiger partial charge on any atom is -0.383 e. The molecule has 0 radical (unpaired) electrons. The molecular formula is C14H23N3O. The van der Waals surface area contributed by atoms with Gasteiger partial charge in [0, 0.05) is 18.4 Å². The van der Waals surface area contributed by atoms with Crippen molar-refractivity contribution in [3.05, 3.63) is 23.4 Å². The van der Waals surface area contributed by atoms with Crippen molar-refractivity contribution >= 4 is 5.82 Å². The fraction of sp³-hybridized carbons (Fsp3) is 0.643. The van der Waals surface area contributed by atoms with Crippen molar-refractivity contribution in [2.75, 3.05) is 19.4 Å². The van der Waals surface area contributed by atoms with Crippen molar-refractivity contribution in [2.45, 2.75) is 44.8 Å². The Morgan fingerprint density at radius 2 is 2.28 bits per heavy atom. The number of nitrogens with two attached hydrogens (primary N) is 1. The van der Waals surface area contributed by atoms with Gasteiger partial charge in [0.25, 0.3) is 0 Å². The lowest BCUT2D eigenvalue weighted by atomic mass is 9.84. The molecule has 2 atom stereocenters. The van der Waals surface area contributed by atoms with Crippen molar-refractivity contribution in [3.8, 4) is 0 Å².